The summed E-state index contributed by atoms with van der Waals surface area (Å²) in [6.45, 7) is 1.46. The van der Waals surface area contributed by atoms with Gasteiger partial charge in [0, 0.05) is 56.7 Å². The zero-order chi connectivity index (χ0) is 19.2. The lowest BCUT2D eigenvalue weighted by Gasteiger charge is -2.31. The van der Waals surface area contributed by atoms with Crippen molar-refractivity contribution in [3.8, 4) is 0 Å². The topological polar surface area (TPSA) is 90.5 Å². The summed E-state index contributed by atoms with van der Waals surface area (Å²) < 4.78 is 0. The largest absolute Gasteiger partial charge is 0.378 e. The molecule has 2 amide bonds. The Morgan fingerprint density at radius 1 is 1.15 bits per heavy atom. The lowest BCUT2D eigenvalue weighted by Crippen LogP contribution is -2.47. The number of aromatic nitrogens is 2. The van der Waals surface area contributed by atoms with E-state index in [2.05, 4.69) is 25.7 Å². The molecule has 8 nitrogen and oxygen atoms in total. The molecule has 2 aromatic rings. The van der Waals surface area contributed by atoms with Crippen LogP contribution in [0.1, 0.15) is 23.2 Å². The van der Waals surface area contributed by atoms with Crippen molar-refractivity contribution in [3.63, 3.8) is 0 Å². The van der Waals surface area contributed by atoms with Crippen LogP contribution in [0.25, 0.3) is 0 Å². The molecule has 1 fully saturated rings. The molecule has 0 saturated carbocycles. The zero-order valence-corrected chi connectivity index (χ0v) is 15.6. The first-order valence-corrected chi connectivity index (χ1v) is 8.93. The summed E-state index contributed by atoms with van der Waals surface area (Å²) in [5.41, 5.74) is 6.49. The molecule has 1 saturated heterocycles. The average molecular weight is 368 g/mol. The Kier molecular flexibility index (Phi) is 5.85. The summed E-state index contributed by atoms with van der Waals surface area (Å²) in [5, 5.41) is 0. The summed E-state index contributed by atoms with van der Waals surface area (Å²) in [5.74, 6) is 0.201. The minimum Gasteiger partial charge on any atom is -0.378 e. The van der Waals surface area contributed by atoms with Crippen LogP contribution in [0.3, 0.4) is 0 Å². The second-order valence-electron chi connectivity index (χ2n) is 6.71. The summed E-state index contributed by atoms with van der Waals surface area (Å²) in [7, 11) is 3.82. The van der Waals surface area contributed by atoms with Crippen LogP contribution in [0, 0.1) is 5.92 Å². The molecule has 142 valence electrons. The van der Waals surface area contributed by atoms with Crippen LogP contribution in [0.4, 0.5) is 11.5 Å². The van der Waals surface area contributed by atoms with Gasteiger partial charge in [0.05, 0.1) is 6.20 Å². The van der Waals surface area contributed by atoms with Gasteiger partial charge in [-0.25, -0.2) is 4.98 Å². The van der Waals surface area contributed by atoms with Crippen molar-refractivity contribution >= 4 is 23.3 Å². The van der Waals surface area contributed by atoms with Crippen LogP contribution in [0.2, 0.25) is 0 Å². The van der Waals surface area contributed by atoms with Gasteiger partial charge in [-0.3, -0.25) is 25.4 Å². The molecule has 0 radical (unpaired) electrons. The van der Waals surface area contributed by atoms with Gasteiger partial charge in [0.1, 0.15) is 5.82 Å². The molecule has 3 rings (SSSR count). The molecule has 8 heteroatoms. The minimum atomic E-state index is -0.330. The van der Waals surface area contributed by atoms with E-state index in [4.69, 9.17) is 0 Å². The second-order valence-corrected chi connectivity index (χ2v) is 6.71. The Bertz CT molecular complexity index is 788. The quantitative estimate of drug-likeness (QED) is 0.789. The van der Waals surface area contributed by atoms with Gasteiger partial charge in [0.15, 0.2) is 0 Å². The maximum atomic E-state index is 12.4. The van der Waals surface area contributed by atoms with Crippen molar-refractivity contribution in [3.05, 3.63) is 48.4 Å². The van der Waals surface area contributed by atoms with Gasteiger partial charge in [-0.15, -0.1) is 0 Å². The molecule has 0 atom stereocenters. The van der Waals surface area contributed by atoms with Crippen LogP contribution in [-0.2, 0) is 4.79 Å². The molecule has 1 aliphatic heterocycles. The van der Waals surface area contributed by atoms with Crippen LogP contribution in [-0.4, -0.2) is 49.0 Å². The van der Waals surface area contributed by atoms with Gasteiger partial charge >= 0.3 is 0 Å². The summed E-state index contributed by atoms with van der Waals surface area (Å²) in [6, 6.07) is 7.23. The molecule has 0 spiro atoms. The highest BCUT2D eigenvalue weighted by molar-refractivity contribution is 5.96. The Morgan fingerprint density at radius 2 is 1.93 bits per heavy atom. The molecule has 1 aromatic carbocycles. The van der Waals surface area contributed by atoms with Crippen LogP contribution in [0.5, 0.6) is 0 Å². The Hall–Kier alpha value is -3.16. The summed E-state index contributed by atoms with van der Waals surface area (Å²) in [6.07, 6.45) is 6.43. The first-order valence-electron chi connectivity index (χ1n) is 8.93. The lowest BCUT2D eigenvalue weighted by atomic mass is 9.96. The van der Waals surface area contributed by atoms with Gasteiger partial charge in [-0.1, -0.05) is 6.07 Å². The number of rotatable bonds is 4. The Morgan fingerprint density at radius 3 is 2.59 bits per heavy atom. The molecule has 2 N–H and O–H groups in total. The molecule has 0 unspecified atom stereocenters. The third-order valence-corrected chi connectivity index (χ3v) is 4.66. The second kappa shape index (κ2) is 8.48. The number of piperidine rings is 1. The maximum Gasteiger partial charge on any atom is 0.269 e. The normalized spacial score (nSPS) is 14.5. The average Bonchev–Trinajstić information content (AvgIpc) is 2.72. The van der Waals surface area contributed by atoms with E-state index in [0.717, 1.165) is 24.6 Å². The number of amides is 2. The van der Waals surface area contributed by atoms with Crippen LogP contribution >= 0.6 is 0 Å². The molecular formula is C19H24N6O2. The predicted molar refractivity (Wildman–Crippen MR) is 103 cm³/mol. The van der Waals surface area contributed by atoms with E-state index in [1.165, 1.54) is 0 Å². The van der Waals surface area contributed by atoms with Crippen molar-refractivity contribution in [2.45, 2.75) is 12.8 Å². The van der Waals surface area contributed by atoms with Crippen molar-refractivity contribution < 1.29 is 9.59 Å². The number of anilines is 2. The molecule has 1 aromatic heterocycles. The number of hydrogen-bond acceptors (Lipinski definition) is 6. The van der Waals surface area contributed by atoms with E-state index < -0.39 is 0 Å². The van der Waals surface area contributed by atoms with E-state index in [1.807, 2.05) is 31.1 Å². The van der Waals surface area contributed by atoms with Crippen LogP contribution in [0.15, 0.2) is 42.9 Å². The first-order chi connectivity index (χ1) is 13.0. The highest BCUT2D eigenvalue weighted by Crippen LogP contribution is 2.21. The molecule has 1 aliphatic rings. The van der Waals surface area contributed by atoms with Crippen molar-refractivity contribution in [2.24, 2.45) is 5.92 Å². The van der Waals surface area contributed by atoms with E-state index >= 15 is 0 Å². The fourth-order valence-corrected chi connectivity index (χ4v) is 3.04. The number of nitrogens with one attached hydrogen (secondary N) is 2. The number of carbonyl (C=O) groups is 2. The molecule has 0 aliphatic carbocycles. The van der Waals surface area contributed by atoms with Gasteiger partial charge in [-0.05, 0) is 31.0 Å². The third kappa shape index (κ3) is 4.72. The zero-order valence-electron chi connectivity index (χ0n) is 15.6. The monoisotopic (exact) mass is 368 g/mol. The standard InChI is InChI=1S/C19H24N6O2/c1-24(2)16-5-3-4-15(12-16)19(27)23-22-18(26)14-6-10-25(11-7-14)17-13-20-8-9-21-17/h3-5,8-9,12-14H,6-7,10-11H2,1-2H3,(H,22,26)(H,23,27). The van der Waals surface area contributed by atoms with Crippen molar-refractivity contribution in [2.75, 3.05) is 37.0 Å². The number of hydrazine groups is 1. The Labute approximate surface area is 158 Å². The number of hydrogen-bond donors (Lipinski definition) is 2. The summed E-state index contributed by atoms with van der Waals surface area (Å²) >= 11 is 0. The van der Waals surface area contributed by atoms with Crippen molar-refractivity contribution in [1.29, 1.82) is 0 Å². The SMILES string of the molecule is CN(C)c1cccc(C(=O)NNC(=O)C2CCN(c3cnccn3)CC2)c1. The van der Waals surface area contributed by atoms with Crippen molar-refractivity contribution in [1.82, 2.24) is 20.8 Å². The predicted octanol–water partition coefficient (Wildman–Crippen LogP) is 1.22. The van der Waals surface area contributed by atoms with E-state index in [9.17, 15) is 9.59 Å². The lowest BCUT2D eigenvalue weighted by molar-refractivity contribution is -0.126. The van der Waals surface area contributed by atoms with E-state index in [1.54, 1.807) is 30.7 Å². The number of benzene rings is 1. The van der Waals surface area contributed by atoms with Gasteiger partial charge < -0.3 is 9.80 Å². The highest BCUT2D eigenvalue weighted by Gasteiger charge is 2.26. The van der Waals surface area contributed by atoms with E-state index in [0.29, 0.717) is 18.4 Å². The minimum absolute atomic E-state index is 0.133. The van der Waals surface area contributed by atoms with Gasteiger partial charge in [0.25, 0.3) is 5.91 Å². The smallest absolute Gasteiger partial charge is 0.269 e. The maximum absolute atomic E-state index is 12.4. The Balaban J connectivity index is 1.48. The van der Waals surface area contributed by atoms with E-state index in [-0.39, 0.29) is 17.7 Å². The number of carbonyl (C=O) groups excluding carboxylic acids is 2. The number of nitrogens with zero attached hydrogens (tertiary/aromatic N) is 4. The summed E-state index contributed by atoms with van der Waals surface area (Å²) in [4.78, 5) is 37.0. The fourth-order valence-electron chi connectivity index (χ4n) is 3.04. The first kappa shape index (κ1) is 18.6. The highest BCUT2D eigenvalue weighted by atomic mass is 16.2. The molecule has 2 heterocycles. The molecule has 0 bridgehead atoms. The van der Waals surface area contributed by atoms with Gasteiger partial charge in [0.2, 0.25) is 5.91 Å². The van der Waals surface area contributed by atoms with Crippen LogP contribution < -0.4 is 20.7 Å². The molecular weight excluding hydrogens is 344 g/mol. The third-order valence-electron chi connectivity index (χ3n) is 4.66. The molecule has 27 heavy (non-hydrogen) atoms. The van der Waals surface area contributed by atoms with Gasteiger partial charge in [-0.2, -0.15) is 0 Å². The fraction of sp³-hybridized carbons (Fsp3) is 0.368.